The highest BCUT2D eigenvalue weighted by Gasteiger charge is 2.23. The van der Waals surface area contributed by atoms with Crippen LogP contribution in [0.15, 0.2) is 54.7 Å². The maximum absolute atomic E-state index is 12.1. The molecule has 0 saturated heterocycles. The smallest absolute Gasteiger partial charge is 0.257 e. The van der Waals surface area contributed by atoms with E-state index in [-0.39, 0.29) is 5.91 Å². The Hall–Kier alpha value is -2.79. The second kappa shape index (κ2) is 7.19. The molecule has 2 aromatic rings. The molecule has 1 heterocycles. The van der Waals surface area contributed by atoms with E-state index in [4.69, 9.17) is 4.74 Å². The Morgan fingerprint density at radius 2 is 1.92 bits per heavy atom. The number of nitrogens with zero attached hydrogens (tertiary/aromatic N) is 1. The number of ether oxygens (including phenoxy) is 1. The second-order valence-electron chi connectivity index (χ2n) is 5.66. The summed E-state index contributed by atoms with van der Waals surface area (Å²) in [5.74, 6) is -0.0837. The lowest BCUT2D eigenvalue weighted by atomic mass is 10.1. The number of anilines is 3. The number of nitrogens with one attached hydrogen (secondary N) is 2. The van der Waals surface area contributed by atoms with Gasteiger partial charge in [0.2, 0.25) is 0 Å². The summed E-state index contributed by atoms with van der Waals surface area (Å²) in [5, 5.41) is 6.06. The first-order chi connectivity index (χ1) is 11.7. The van der Waals surface area contributed by atoms with Gasteiger partial charge in [0.25, 0.3) is 5.91 Å². The zero-order valence-corrected chi connectivity index (χ0v) is 13.9. The van der Waals surface area contributed by atoms with Gasteiger partial charge in [-0.3, -0.25) is 4.79 Å². The van der Waals surface area contributed by atoms with Crippen LogP contribution in [-0.2, 0) is 9.53 Å². The number of carbonyl (C=O) groups is 1. The Labute approximate surface area is 141 Å². The van der Waals surface area contributed by atoms with Crippen LogP contribution in [0.3, 0.4) is 0 Å². The maximum atomic E-state index is 12.1. The van der Waals surface area contributed by atoms with Crippen molar-refractivity contribution >= 4 is 28.5 Å². The van der Waals surface area contributed by atoms with Gasteiger partial charge in [-0.25, -0.2) is 0 Å². The maximum Gasteiger partial charge on any atom is 0.257 e. The third-order valence-corrected chi connectivity index (χ3v) is 4.03. The molecule has 0 spiro atoms. The molecule has 0 aliphatic carbocycles. The van der Waals surface area contributed by atoms with E-state index in [0.29, 0.717) is 12.2 Å². The topological polar surface area (TPSA) is 53.6 Å². The highest BCUT2D eigenvalue weighted by atomic mass is 16.5. The van der Waals surface area contributed by atoms with Crippen molar-refractivity contribution in [2.75, 3.05) is 42.8 Å². The number of benzene rings is 2. The van der Waals surface area contributed by atoms with Crippen LogP contribution in [-0.4, -0.2) is 33.2 Å². The first-order valence-electron chi connectivity index (χ1n) is 7.86. The van der Waals surface area contributed by atoms with Gasteiger partial charge in [-0.05, 0) is 30.3 Å². The Morgan fingerprint density at radius 3 is 2.67 bits per heavy atom. The molecule has 24 heavy (non-hydrogen) atoms. The number of hydrogen-bond donors (Lipinski definition) is 2. The fourth-order valence-electron chi connectivity index (χ4n) is 2.61. The standard InChI is InChI=1S/C19H21N3O2/c1-22(11-12-24-2)15-9-7-14(8-10-15)20-13-17-16-5-3-4-6-18(16)21-19(17)23/h3-10,13,20H,11-12H2,1-2H3,(H,21,23)/b17-13+. The minimum atomic E-state index is -0.0837. The summed E-state index contributed by atoms with van der Waals surface area (Å²) >= 11 is 0. The van der Waals surface area contributed by atoms with Gasteiger partial charge in [-0.15, -0.1) is 0 Å². The van der Waals surface area contributed by atoms with E-state index in [1.54, 1.807) is 13.3 Å². The van der Waals surface area contributed by atoms with Crippen molar-refractivity contribution in [1.29, 1.82) is 0 Å². The summed E-state index contributed by atoms with van der Waals surface area (Å²) in [6.45, 7) is 1.53. The fraction of sp³-hybridized carbons (Fsp3) is 0.211. The Balaban J connectivity index is 1.70. The summed E-state index contributed by atoms with van der Waals surface area (Å²) in [5.41, 5.74) is 4.47. The van der Waals surface area contributed by atoms with Gasteiger partial charge >= 0.3 is 0 Å². The van der Waals surface area contributed by atoms with E-state index in [9.17, 15) is 4.79 Å². The van der Waals surface area contributed by atoms with Crippen molar-refractivity contribution in [3.05, 3.63) is 60.3 Å². The van der Waals surface area contributed by atoms with Crippen LogP contribution in [0.5, 0.6) is 0 Å². The van der Waals surface area contributed by atoms with E-state index < -0.39 is 0 Å². The molecule has 0 saturated carbocycles. The predicted molar refractivity (Wildman–Crippen MR) is 98.3 cm³/mol. The molecular formula is C19H21N3O2. The van der Waals surface area contributed by atoms with E-state index in [1.165, 1.54) is 0 Å². The first-order valence-corrected chi connectivity index (χ1v) is 7.86. The average molecular weight is 323 g/mol. The van der Waals surface area contributed by atoms with Crippen LogP contribution in [0, 0.1) is 0 Å². The molecule has 2 aromatic carbocycles. The summed E-state index contributed by atoms with van der Waals surface area (Å²) in [6, 6.07) is 15.8. The van der Waals surface area contributed by atoms with Gasteiger partial charge in [0.15, 0.2) is 0 Å². The molecule has 1 amide bonds. The lowest BCUT2D eigenvalue weighted by molar-refractivity contribution is -0.110. The zero-order valence-electron chi connectivity index (χ0n) is 13.9. The summed E-state index contributed by atoms with van der Waals surface area (Å²) in [6.07, 6.45) is 1.75. The van der Waals surface area contributed by atoms with Gasteiger partial charge in [0.1, 0.15) is 0 Å². The van der Waals surface area contributed by atoms with Crippen molar-refractivity contribution in [2.45, 2.75) is 0 Å². The van der Waals surface area contributed by atoms with E-state index in [2.05, 4.69) is 15.5 Å². The number of hydrogen-bond acceptors (Lipinski definition) is 4. The largest absolute Gasteiger partial charge is 0.383 e. The summed E-state index contributed by atoms with van der Waals surface area (Å²) in [4.78, 5) is 14.2. The van der Waals surface area contributed by atoms with Gasteiger partial charge < -0.3 is 20.3 Å². The third kappa shape index (κ3) is 3.41. The minimum absolute atomic E-state index is 0.0837. The Morgan fingerprint density at radius 1 is 1.17 bits per heavy atom. The summed E-state index contributed by atoms with van der Waals surface area (Å²) < 4.78 is 5.09. The van der Waals surface area contributed by atoms with E-state index in [0.717, 1.165) is 29.2 Å². The molecule has 0 bridgehead atoms. The van der Waals surface area contributed by atoms with Gasteiger partial charge in [-0.1, -0.05) is 18.2 Å². The lowest BCUT2D eigenvalue weighted by Gasteiger charge is -2.19. The van der Waals surface area contributed by atoms with Crippen molar-refractivity contribution in [3.63, 3.8) is 0 Å². The van der Waals surface area contributed by atoms with Crippen LogP contribution in [0.25, 0.3) is 5.57 Å². The van der Waals surface area contributed by atoms with Crippen LogP contribution in [0.1, 0.15) is 5.56 Å². The Kier molecular flexibility index (Phi) is 4.82. The quantitative estimate of drug-likeness (QED) is 0.802. The van der Waals surface area contributed by atoms with Gasteiger partial charge in [0, 0.05) is 49.5 Å². The van der Waals surface area contributed by atoms with Crippen molar-refractivity contribution in [3.8, 4) is 0 Å². The van der Waals surface area contributed by atoms with Crippen molar-refractivity contribution < 1.29 is 9.53 Å². The summed E-state index contributed by atoms with van der Waals surface area (Å²) in [7, 11) is 3.73. The average Bonchev–Trinajstić information content (AvgIpc) is 2.93. The van der Waals surface area contributed by atoms with Crippen molar-refractivity contribution in [2.24, 2.45) is 0 Å². The molecule has 0 radical (unpaired) electrons. The molecule has 5 nitrogen and oxygen atoms in total. The highest BCUT2D eigenvalue weighted by molar-refractivity contribution is 6.31. The SMILES string of the molecule is COCCN(C)c1ccc(N/C=C2/C(=O)Nc3ccccc32)cc1. The second-order valence-corrected chi connectivity index (χ2v) is 5.66. The number of para-hydroxylation sites is 1. The highest BCUT2D eigenvalue weighted by Crippen LogP contribution is 2.31. The first kappa shape index (κ1) is 16.1. The van der Waals surface area contributed by atoms with Gasteiger partial charge in [-0.2, -0.15) is 0 Å². The van der Waals surface area contributed by atoms with Crippen LogP contribution in [0.4, 0.5) is 17.1 Å². The zero-order chi connectivity index (χ0) is 16.9. The number of carbonyl (C=O) groups excluding carboxylic acids is 1. The van der Waals surface area contributed by atoms with Crippen LogP contribution in [0.2, 0.25) is 0 Å². The molecule has 3 rings (SSSR count). The predicted octanol–water partition coefficient (Wildman–Crippen LogP) is 3.17. The number of amides is 1. The minimum Gasteiger partial charge on any atom is -0.383 e. The molecular weight excluding hydrogens is 302 g/mol. The molecule has 124 valence electrons. The van der Waals surface area contributed by atoms with E-state index >= 15 is 0 Å². The number of likely N-dealkylation sites (N-methyl/N-ethyl adjacent to an activating group) is 1. The number of rotatable bonds is 6. The van der Waals surface area contributed by atoms with Crippen LogP contribution >= 0.6 is 0 Å². The number of methoxy groups -OCH3 is 1. The normalized spacial score (nSPS) is 14.4. The molecule has 1 aliphatic heterocycles. The molecule has 0 unspecified atom stereocenters. The fourth-order valence-corrected chi connectivity index (χ4v) is 2.61. The Bertz CT molecular complexity index is 753. The molecule has 0 aromatic heterocycles. The van der Waals surface area contributed by atoms with Crippen LogP contribution < -0.4 is 15.5 Å². The molecule has 5 heteroatoms. The molecule has 0 atom stereocenters. The van der Waals surface area contributed by atoms with E-state index in [1.807, 2.05) is 55.6 Å². The monoisotopic (exact) mass is 323 g/mol. The van der Waals surface area contributed by atoms with Crippen molar-refractivity contribution in [1.82, 2.24) is 0 Å². The third-order valence-electron chi connectivity index (χ3n) is 4.03. The molecule has 2 N–H and O–H groups in total. The molecule has 1 aliphatic rings. The number of fused-ring (bicyclic) bond motifs is 1. The lowest BCUT2D eigenvalue weighted by Crippen LogP contribution is -2.21. The van der Waals surface area contributed by atoms with Gasteiger partial charge in [0.05, 0.1) is 12.2 Å². The molecule has 0 fully saturated rings.